The highest BCUT2D eigenvalue weighted by Crippen LogP contribution is 2.57. The predicted octanol–water partition coefficient (Wildman–Crippen LogP) is 32.7. The van der Waals surface area contributed by atoms with Crippen molar-refractivity contribution in [3.8, 4) is 102 Å². The highest BCUT2D eigenvalue weighted by atomic mass is 15.2. The Hall–Kier alpha value is -18.7. The van der Waals surface area contributed by atoms with Gasteiger partial charge in [0.2, 0.25) is 0 Å². The fourth-order valence-electron chi connectivity index (χ4n) is 21.0. The summed E-state index contributed by atoms with van der Waals surface area (Å²) in [6.45, 7) is 0. The first-order valence-electron chi connectivity index (χ1n) is 46.2. The van der Waals surface area contributed by atoms with E-state index in [1.807, 2.05) is 110 Å². The summed E-state index contributed by atoms with van der Waals surface area (Å²) in [6, 6.07) is 155. The Kier molecular flexibility index (Phi) is 18.3. The Morgan fingerprint density at radius 2 is 0.518 bits per heavy atom. The van der Waals surface area contributed by atoms with E-state index in [4.69, 9.17) is 29.9 Å². The van der Waals surface area contributed by atoms with E-state index in [1.54, 1.807) is 6.20 Å². The SMILES string of the molecule is c1ccc(-c2nc(-c3ccc(N4c5cc6ccccc6cc5-c5cccc6cccc4c56)cc3)nc3ccccc23)nc1.c1ccc(-c2nc(-c3cccc4c(N5c6cc7ccccc7cc6-c6cccc7cccc5c67)cccc34)nc3ccccc23)nc1.c1ccc2cc3c(cc2c1)-c1cccc2cccc(c12)N3c1ccc2cc(-c3nc(-c4ccncc4)c4ccccc4n3)ccc2c1. The third-order valence-electron chi connectivity index (χ3n) is 27.2. The van der Waals surface area contributed by atoms with E-state index in [-0.39, 0.29) is 0 Å². The molecule has 6 aromatic heterocycles. The van der Waals surface area contributed by atoms with Gasteiger partial charge in [0.15, 0.2) is 17.5 Å². The summed E-state index contributed by atoms with van der Waals surface area (Å²) in [6.07, 6.45) is 7.23. The summed E-state index contributed by atoms with van der Waals surface area (Å²) < 4.78 is 0. The molecule has 0 saturated carbocycles. The van der Waals surface area contributed by atoms with E-state index in [2.05, 4.69) is 375 Å². The number of hydrogen-bond donors (Lipinski definition) is 0. The van der Waals surface area contributed by atoms with Crippen LogP contribution in [0.4, 0.5) is 51.2 Å². The lowest BCUT2D eigenvalue weighted by Gasteiger charge is -2.34. The van der Waals surface area contributed by atoms with Gasteiger partial charge in [-0.05, 0) is 239 Å². The Bertz CT molecular complexity index is 9450. The smallest absolute Gasteiger partial charge is 0.161 e. The Morgan fingerprint density at radius 3 is 1.04 bits per heavy atom. The van der Waals surface area contributed by atoms with Gasteiger partial charge in [0.05, 0.1) is 73.4 Å². The number of anilines is 9. The molecule has 12 nitrogen and oxygen atoms in total. The molecule has 0 amide bonds. The zero-order chi connectivity index (χ0) is 90.1. The van der Waals surface area contributed by atoms with Crippen molar-refractivity contribution in [2.24, 2.45) is 0 Å². The van der Waals surface area contributed by atoms with Crippen LogP contribution in [0.25, 0.3) is 220 Å². The van der Waals surface area contributed by atoms with Crippen molar-refractivity contribution in [3.05, 3.63) is 462 Å². The predicted molar refractivity (Wildman–Crippen MR) is 566 cm³/mol. The van der Waals surface area contributed by atoms with Crippen LogP contribution in [-0.2, 0) is 0 Å². The number of rotatable bonds is 9. The van der Waals surface area contributed by atoms with Crippen LogP contribution in [0.15, 0.2) is 462 Å². The van der Waals surface area contributed by atoms with Crippen molar-refractivity contribution < 1.29 is 0 Å². The van der Waals surface area contributed by atoms with Crippen LogP contribution in [0, 0.1) is 0 Å². The molecule has 0 spiro atoms. The van der Waals surface area contributed by atoms with Crippen molar-refractivity contribution in [2.45, 2.75) is 0 Å². The highest BCUT2D eigenvalue weighted by molar-refractivity contribution is 6.21. The third-order valence-corrected chi connectivity index (χ3v) is 27.2. The molecule has 12 heteroatoms. The summed E-state index contributed by atoms with van der Waals surface area (Å²) >= 11 is 0. The molecule has 29 rings (SSSR count). The zero-order valence-corrected chi connectivity index (χ0v) is 73.7. The monoisotopic (exact) mass is 1740 g/mol. The van der Waals surface area contributed by atoms with Crippen molar-refractivity contribution in [2.75, 3.05) is 14.7 Å². The van der Waals surface area contributed by atoms with Gasteiger partial charge in [-0.1, -0.05) is 279 Å². The topological polar surface area (TPSA) is 126 Å². The zero-order valence-electron chi connectivity index (χ0n) is 73.7. The largest absolute Gasteiger partial charge is 0.309 e. The van der Waals surface area contributed by atoms with Crippen LogP contribution in [0.3, 0.4) is 0 Å². The first-order valence-corrected chi connectivity index (χ1v) is 46.2. The molecule has 0 bridgehead atoms. The number of para-hydroxylation sites is 3. The van der Waals surface area contributed by atoms with Gasteiger partial charge < -0.3 is 14.7 Å². The first-order chi connectivity index (χ1) is 67.9. The van der Waals surface area contributed by atoms with Gasteiger partial charge in [-0.15, -0.1) is 0 Å². The molecule has 0 aliphatic carbocycles. The summed E-state index contributed by atoms with van der Waals surface area (Å²) in [4.78, 5) is 51.1. The summed E-state index contributed by atoms with van der Waals surface area (Å²) in [5, 5.41) is 22.5. The number of hydrogen-bond acceptors (Lipinski definition) is 12. The molecule has 0 N–H and O–H groups in total. The van der Waals surface area contributed by atoms with Crippen LogP contribution in [0.1, 0.15) is 0 Å². The average molecular weight is 1750 g/mol. The van der Waals surface area contributed by atoms with Crippen LogP contribution in [-0.4, -0.2) is 44.9 Å². The van der Waals surface area contributed by atoms with Gasteiger partial charge in [0.1, 0.15) is 11.4 Å². The van der Waals surface area contributed by atoms with E-state index >= 15 is 0 Å². The molecule has 9 heterocycles. The minimum Gasteiger partial charge on any atom is -0.309 e. The Labute approximate surface area is 787 Å². The third kappa shape index (κ3) is 13.2. The van der Waals surface area contributed by atoms with Crippen LogP contribution in [0.2, 0.25) is 0 Å². The minimum absolute atomic E-state index is 0.684. The van der Waals surface area contributed by atoms with E-state index < -0.39 is 0 Å². The second-order valence-electron chi connectivity index (χ2n) is 35.1. The molecule has 0 saturated heterocycles. The molecule has 3 aliphatic heterocycles. The second-order valence-corrected chi connectivity index (χ2v) is 35.1. The van der Waals surface area contributed by atoms with Crippen molar-refractivity contribution >= 4 is 170 Å². The quantitative estimate of drug-likeness (QED) is 0.137. The average Bonchev–Trinajstić information content (AvgIpc) is 0.734. The van der Waals surface area contributed by atoms with Gasteiger partial charge in [0, 0.05) is 113 Å². The van der Waals surface area contributed by atoms with E-state index in [0.717, 1.165) is 122 Å². The van der Waals surface area contributed by atoms with Crippen LogP contribution < -0.4 is 14.7 Å². The van der Waals surface area contributed by atoms with Gasteiger partial charge in [-0.25, -0.2) is 29.9 Å². The van der Waals surface area contributed by atoms with Gasteiger partial charge in [-0.3, -0.25) is 15.0 Å². The molecule has 0 radical (unpaired) electrons. The van der Waals surface area contributed by atoms with Gasteiger partial charge >= 0.3 is 0 Å². The first kappa shape index (κ1) is 78.2. The van der Waals surface area contributed by atoms with Gasteiger partial charge in [-0.2, -0.15) is 0 Å². The Morgan fingerprint density at radius 1 is 0.168 bits per heavy atom. The molecule has 636 valence electrons. The number of fused-ring (bicyclic) bond motifs is 14. The standard InChI is InChI=1S/2C43H26N4.C39H24N4/c1-2-8-30-26-40-37(25-29(30)7-1)35-12-5-9-27-10-6-14-39(41(27)35)47(40)34-18-17-31-23-33(16-15-32(31)24-34)43-45-38-13-4-3-11-36(38)42(46-43)28-19-21-44-22-20-28;1-2-12-29-26-40-35(25-28(29)11-1)32-18-7-13-27-14-8-23-39(41(27)32)47(40)38-22-10-16-30-31(38)17-9-19-33(30)43-45-36-20-4-3-15-34(36)42(46-43)37-21-5-6-24-44-37;1-2-10-28-24-36-32(23-27(28)9-1)30-14-7-11-25-12-8-17-35(37(25)30)43(36)29-20-18-26(19-21-29)39-41-33-15-4-3-13-31(33)38(42-39)34-16-5-6-22-40-34/h2*1-26H;1-24H. The molecule has 20 aromatic carbocycles. The molecule has 26 aromatic rings. The molecule has 137 heavy (non-hydrogen) atoms. The van der Waals surface area contributed by atoms with E-state index in [9.17, 15) is 0 Å². The lowest BCUT2D eigenvalue weighted by Crippen LogP contribution is -2.15. The van der Waals surface area contributed by atoms with E-state index in [0.29, 0.717) is 17.5 Å². The highest BCUT2D eigenvalue weighted by Gasteiger charge is 2.32. The fourth-order valence-corrected chi connectivity index (χ4v) is 21.0. The molecule has 0 fully saturated rings. The molecule has 0 unspecified atom stereocenters. The number of nitrogens with zero attached hydrogens (tertiary/aromatic N) is 12. The molecule has 0 atom stereocenters. The van der Waals surface area contributed by atoms with Crippen molar-refractivity contribution in [1.82, 2.24) is 44.9 Å². The lowest BCUT2D eigenvalue weighted by molar-refractivity contribution is 1.20. The second kappa shape index (κ2) is 32.1. The number of benzene rings is 20. The number of pyridine rings is 3. The van der Waals surface area contributed by atoms with Crippen LogP contribution in [0.5, 0.6) is 0 Å². The fraction of sp³-hybridized carbons (Fsp3) is 0. The maximum absolute atomic E-state index is 5.18. The van der Waals surface area contributed by atoms with E-state index in [1.165, 1.54) is 132 Å². The molecular weight excluding hydrogens is 1670 g/mol. The maximum Gasteiger partial charge on any atom is 0.161 e. The Balaban J connectivity index is 0.000000104. The summed E-state index contributed by atoms with van der Waals surface area (Å²) in [7, 11) is 0. The summed E-state index contributed by atoms with van der Waals surface area (Å²) in [5.41, 5.74) is 28.9. The normalized spacial score (nSPS) is 12.2. The van der Waals surface area contributed by atoms with Gasteiger partial charge in [0.25, 0.3) is 0 Å². The minimum atomic E-state index is 0.684. The molecule has 3 aliphatic rings. The lowest BCUT2D eigenvalue weighted by atomic mass is 9.88. The van der Waals surface area contributed by atoms with Crippen molar-refractivity contribution in [3.63, 3.8) is 0 Å². The van der Waals surface area contributed by atoms with Crippen LogP contribution >= 0.6 is 0 Å². The number of aromatic nitrogens is 9. The van der Waals surface area contributed by atoms with Crippen molar-refractivity contribution in [1.29, 1.82) is 0 Å². The molecular formula is C125H76N12. The summed E-state index contributed by atoms with van der Waals surface area (Å²) in [5.74, 6) is 2.08. The maximum atomic E-state index is 5.18.